The van der Waals surface area contributed by atoms with E-state index < -0.39 is 31.6 Å². The van der Waals surface area contributed by atoms with E-state index in [1.54, 1.807) is 0 Å². The zero-order chi connectivity index (χ0) is 9.94. The van der Waals surface area contributed by atoms with E-state index in [4.69, 9.17) is 20.0 Å². The van der Waals surface area contributed by atoms with Crippen LogP contribution in [0.4, 0.5) is 0 Å². The van der Waals surface area contributed by atoms with E-state index in [0.717, 1.165) is 0 Å². The fraction of sp³-hybridized carbons (Fsp3) is 0.500. The molecule has 0 rings (SSSR count). The highest BCUT2D eigenvalue weighted by Crippen LogP contribution is 2.42. The van der Waals surface area contributed by atoms with Crippen LogP contribution in [0.5, 0.6) is 0 Å². The zero-order valence-electron chi connectivity index (χ0n) is 5.75. The molecular formula is C4H7O7P. The molecule has 0 aliphatic carbocycles. The number of carbonyl (C=O) groups is 2. The summed E-state index contributed by atoms with van der Waals surface area (Å²) in [5.74, 6) is -3.38. The van der Waals surface area contributed by atoms with E-state index in [2.05, 4.69) is 0 Å². The maximum absolute atomic E-state index is 10.4. The molecule has 0 aromatic rings. The summed E-state index contributed by atoms with van der Waals surface area (Å²) in [6.07, 6.45) is -1.08. The number of aliphatic carboxylic acids is 2. The summed E-state index contributed by atoms with van der Waals surface area (Å²) in [6, 6.07) is 0. The molecule has 0 radical (unpaired) electrons. The Bertz CT molecular complexity index is 240. The monoisotopic (exact) mass is 198 g/mol. The summed E-state index contributed by atoms with van der Waals surface area (Å²) in [5.41, 5.74) is -2.16. The molecule has 12 heavy (non-hydrogen) atoms. The molecule has 0 fully saturated rings. The fourth-order valence-electron chi connectivity index (χ4n) is 0.515. The number of hydrogen-bond donors (Lipinski definition) is 4. The number of rotatable bonds is 4. The largest absolute Gasteiger partial charge is 0.481 e. The summed E-state index contributed by atoms with van der Waals surface area (Å²) in [6.45, 7) is 0. The van der Waals surface area contributed by atoms with Crippen LogP contribution in [0.15, 0.2) is 0 Å². The zero-order valence-corrected chi connectivity index (χ0v) is 6.64. The molecular weight excluding hydrogens is 191 g/mol. The van der Waals surface area contributed by atoms with Gasteiger partial charge < -0.3 is 20.0 Å². The molecule has 0 spiro atoms. The molecule has 0 amide bonds. The van der Waals surface area contributed by atoms with Gasteiger partial charge in [-0.2, -0.15) is 0 Å². The van der Waals surface area contributed by atoms with Crippen molar-refractivity contribution in [2.24, 2.45) is 0 Å². The Balaban J connectivity index is 4.58. The van der Waals surface area contributed by atoms with Crippen LogP contribution in [0.2, 0.25) is 0 Å². The van der Waals surface area contributed by atoms with Crippen molar-refractivity contribution in [2.45, 2.75) is 12.1 Å². The van der Waals surface area contributed by atoms with E-state index >= 15 is 0 Å². The van der Waals surface area contributed by atoms with Crippen molar-refractivity contribution in [1.82, 2.24) is 0 Å². The molecule has 70 valence electrons. The van der Waals surface area contributed by atoms with Crippen LogP contribution < -0.4 is 0 Å². The third-order valence-corrected chi connectivity index (χ3v) is 2.27. The van der Waals surface area contributed by atoms with E-state index in [1.807, 2.05) is 0 Å². The van der Waals surface area contributed by atoms with Gasteiger partial charge in [0.25, 0.3) is 0 Å². The molecule has 0 aromatic carbocycles. The average Bonchev–Trinajstić information content (AvgIpc) is 1.79. The smallest absolute Gasteiger partial charge is 0.340 e. The molecule has 4 N–H and O–H groups in total. The maximum Gasteiger partial charge on any atom is 0.340 e. The van der Waals surface area contributed by atoms with Crippen LogP contribution in [0, 0.1) is 0 Å². The Morgan fingerprint density at radius 2 is 1.67 bits per heavy atom. The second-order valence-electron chi connectivity index (χ2n) is 2.04. The van der Waals surface area contributed by atoms with Crippen LogP contribution >= 0.6 is 7.60 Å². The van der Waals surface area contributed by atoms with Gasteiger partial charge in [0.1, 0.15) is 0 Å². The molecule has 8 heteroatoms. The molecule has 0 heterocycles. The predicted molar refractivity (Wildman–Crippen MR) is 35.7 cm³/mol. The van der Waals surface area contributed by atoms with E-state index in [9.17, 15) is 14.2 Å². The molecule has 0 aromatic heterocycles. The maximum atomic E-state index is 10.4. The SMILES string of the molecule is O=C(O)C[C@H](C(=O)O)P(=O)(O)O. The minimum absolute atomic E-state index is 1.08. The first kappa shape index (κ1) is 11.1. The molecule has 0 bridgehead atoms. The first-order chi connectivity index (χ1) is 5.25. The molecule has 0 aliphatic heterocycles. The lowest BCUT2D eigenvalue weighted by molar-refractivity contribution is -0.143. The number of hydrogen-bond acceptors (Lipinski definition) is 3. The van der Waals surface area contributed by atoms with Crippen molar-refractivity contribution < 1.29 is 34.2 Å². The van der Waals surface area contributed by atoms with Crippen molar-refractivity contribution in [3.63, 3.8) is 0 Å². The minimum atomic E-state index is -4.87. The van der Waals surface area contributed by atoms with Crippen molar-refractivity contribution >= 4 is 19.5 Å². The third kappa shape index (κ3) is 3.47. The highest BCUT2D eigenvalue weighted by atomic mass is 31.2. The summed E-state index contributed by atoms with van der Waals surface area (Å²) in [5, 5.41) is 16.3. The van der Waals surface area contributed by atoms with Gasteiger partial charge in [-0.1, -0.05) is 0 Å². The van der Waals surface area contributed by atoms with Gasteiger partial charge in [0.15, 0.2) is 5.66 Å². The predicted octanol–water partition coefficient (Wildman–Crippen LogP) is -0.908. The van der Waals surface area contributed by atoms with Gasteiger partial charge in [0.05, 0.1) is 6.42 Å². The number of carboxylic acids is 2. The van der Waals surface area contributed by atoms with Crippen LogP contribution in [-0.4, -0.2) is 37.6 Å². The standard InChI is InChI=1S/C4H7O7P/c5-3(6)1-2(4(7)8)12(9,10)11/h2H,1H2,(H,5,6)(H,7,8)(H2,9,10,11)/t2-/m1/s1. The lowest BCUT2D eigenvalue weighted by Crippen LogP contribution is -2.23. The highest BCUT2D eigenvalue weighted by molar-refractivity contribution is 7.53. The minimum Gasteiger partial charge on any atom is -0.481 e. The van der Waals surface area contributed by atoms with E-state index in [-0.39, 0.29) is 0 Å². The van der Waals surface area contributed by atoms with Gasteiger partial charge in [-0.15, -0.1) is 0 Å². The first-order valence-electron chi connectivity index (χ1n) is 2.75. The second kappa shape index (κ2) is 3.66. The highest BCUT2D eigenvalue weighted by Gasteiger charge is 2.37. The fourth-order valence-corrected chi connectivity index (χ4v) is 1.20. The van der Waals surface area contributed by atoms with Gasteiger partial charge in [0.2, 0.25) is 0 Å². The molecule has 7 nitrogen and oxygen atoms in total. The summed E-state index contributed by atoms with van der Waals surface area (Å²) in [7, 11) is -4.87. The summed E-state index contributed by atoms with van der Waals surface area (Å²) < 4.78 is 10.4. The lowest BCUT2D eigenvalue weighted by atomic mass is 10.3. The summed E-state index contributed by atoms with van der Waals surface area (Å²) in [4.78, 5) is 36.8. The van der Waals surface area contributed by atoms with Crippen LogP contribution in [0.25, 0.3) is 0 Å². The Labute approximate surface area is 66.8 Å². The Morgan fingerprint density at radius 1 is 1.25 bits per heavy atom. The van der Waals surface area contributed by atoms with Crippen LogP contribution in [-0.2, 0) is 14.2 Å². The van der Waals surface area contributed by atoms with Crippen molar-refractivity contribution in [3.8, 4) is 0 Å². The van der Waals surface area contributed by atoms with Crippen LogP contribution in [0.3, 0.4) is 0 Å². The Kier molecular flexibility index (Phi) is 3.38. The normalized spacial score (nSPS) is 13.8. The molecule has 0 unspecified atom stereocenters. The summed E-state index contributed by atoms with van der Waals surface area (Å²) >= 11 is 0. The topological polar surface area (TPSA) is 132 Å². The van der Waals surface area contributed by atoms with Crippen molar-refractivity contribution in [1.29, 1.82) is 0 Å². The quantitative estimate of drug-likeness (QED) is 0.430. The first-order valence-corrected chi connectivity index (χ1v) is 4.43. The van der Waals surface area contributed by atoms with Gasteiger partial charge >= 0.3 is 19.5 Å². The Hall–Kier alpha value is -0.910. The van der Waals surface area contributed by atoms with E-state index in [0.29, 0.717) is 0 Å². The van der Waals surface area contributed by atoms with E-state index in [1.165, 1.54) is 0 Å². The molecule has 0 saturated heterocycles. The third-order valence-electron chi connectivity index (χ3n) is 1.06. The van der Waals surface area contributed by atoms with Gasteiger partial charge in [0, 0.05) is 0 Å². The van der Waals surface area contributed by atoms with Gasteiger partial charge in [-0.3, -0.25) is 14.2 Å². The van der Waals surface area contributed by atoms with Crippen LogP contribution in [0.1, 0.15) is 6.42 Å². The molecule has 0 saturated carbocycles. The second-order valence-corrected chi connectivity index (χ2v) is 3.84. The average molecular weight is 198 g/mol. The van der Waals surface area contributed by atoms with Crippen molar-refractivity contribution in [2.75, 3.05) is 0 Å². The Morgan fingerprint density at radius 3 is 1.75 bits per heavy atom. The van der Waals surface area contributed by atoms with Gasteiger partial charge in [-0.25, -0.2) is 0 Å². The number of carboxylic acid groups (broad SMARTS) is 2. The lowest BCUT2D eigenvalue weighted by Gasteiger charge is -2.10. The van der Waals surface area contributed by atoms with Crippen molar-refractivity contribution in [3.05, 3.63) is 0 Å². The van der Waals surface area contributed by atoms with Gasteiger partial charge in [-0.05, 0) is 0 Å². The molecule has 1 atom stereocenters. The molecule has 0 aliphatic rings.